The van der Waals surface area contributed by atoms with Gasteiger partial charge in [0.15, 0.2) is 0 Å². The van der Waals surface area contributed by atoms with Crippen molar-refractivity contribution in [1.29, 1.82) is 0 Å². The zero-order valence-electron chi connectivity index (χ0n) is 31.8. The van der Waals surface area contributed by atoms with Crippen LogP contribution in [-0.2, 0) is 16.0 Å². The highest BCUT2D eigenvalue weighted by atomic mass is 16.2. The molecule has 0 aliphatic carbocycles. The van der Waals surface area contributed by atoms with Crippen LogP contribution in [0.15, 0.2) is 24.7 Å². The topological polar surface area (TPSA) is 86.9 Å². The smallest absolute Gasteiger partial charge is 0.242 e. The van der Waals surface area contributed by atoms with E-state index in [1.54, 1.807) is 12.5 Å². The molecular formula is C42H78N4O2. The number of H-pyrrole nitrogens is 1. The van der Waals surface area contributed by atoms with Crippen LogP contribution in [0.5, 0.6) is 0 Å². The maximum Gasteiger partial charge on any atom is 0.242 e. The molecule has 0 saturated carbocycles. The molecule has 1 aromatic heterocycles. The lowest BCUT2D eigenvalue weighted by Gasteiger charge is -2.18. The molecule has 1 unspecified atom stereocenters. The van der Waals surface area contributed by atoms with Gasteiger partial charge in [0.1, 0.15) is 6.04 Å². The Balaban J connectivity index is 2.07. The van der Waals surface area contributed by atoms with Crippen molar-refractivity contribution in [3.05, 3.63) is 30.4 Å². The predicted molar refractivity (Wildman–Crippen MR) is 206 cm³/mol. The fourth-order valence-corrected chi connectivity index (χ4v) is 6.45. The second-order valence-corrected chi connectivity index (χ2v) is 14.3. The Bertz CT molecular complexity index is 854. The molecule has 48 heavy (non-hydrogen) atoms. The van der Waals surface area contributed by atoms with Crippen LogP contribution in [0.2, 0.25) is 0 Å². The van der Waals surface area contributed by atoms with E-state index in [9.17, 15) is 9.59 Å². The monoisotopic (exact) mass is 671 g/mol. The van der Waals surface area contributed by atoms with E-state index >= 15 is 0 Å². The number of hydrogen-bond acceptors (Lipinski definition) is 3. The van der Waals surface area contributed by atoms with E-state index in [0.29, 0.717) is 19.4 Å². The van der Waals surface area contributed by atoms with Crippen LogP contribution in [0.4, 0.5) is 0 Å². The molecule has 0 bridgehead atoms. The van der Waals surface area contributed by atoms with Crippen molar-refractivity contribution in [3.63, 3.8) is 0 Å². The van der Waals surface area contributed by atoms with E-state index < -0.39 is 6.04 Å². The van der Waals surface area contributed by atoms with Gasteiger partial charge in [0.05, 0.1) is 12.0 Å². The predicted octanol–water partition coefficient (Wildman–Crippen LogP) is 11.9. The van der Waals surface area contributed by atoms with Crippen molar-refractivity contribution in [1.82, 2.24) is 20.6 Å². The minimum Gasteiger partial charge on any atom is -0.354 e. The summed E-state index contributed by atoms with van der Waals surface area (Å²) in [6.45, 7) is 5.21. The average Bonchev–Trinajstić information content (AvgIpc) is 3.60. The third-order valence-corrected chi connectivity index (χ3v) is 9.62. The van der Waals surface area contributed by atoms with E-state index in [1.807, 2.05) is 0 Å². The molecule has 0 fully saturated rings. The molecule has 6 nitrogen and oxygen atoms in total. The number of rotatable bonds is 36. The minimum atomic E-state index is -0.578. The second-order valence-electron chi connectivity index (χ2n) is 14.3. The first-order chi connectivity index (χ1) is 23.7. The summed E-state index contributed by atoms with van der Waals surface area (Å²) >= 11 is 0. The lowest BCUT2D eigenvalue weighted by atomic mass is 10.0. The van der Waals surface area contributed by atoms with Gasteiger partial charge in [-0.25, -0.2) is 4.98 Å². The van der Waals surface area contributed by atoms with Gasteiger partial charge >= 0.3 is 0 Å². The highest BCUT2D eigenvalue weighted by molar-refractivity contribution is 5.87. The van der Waals surface area contributed by atoms with Crippen molar-refractivity contribution in [2.45, 2.75) is 219 Å². The lowest BCUT2D eigenvalue weighted by molar-refractivity contribution is -0.129. The molecule has 0 aliphatic heterocycles. The molecule has 1 heterocycles. The van der Waals surface area contributed by atoms with E-state index in [1.165, 1.54) is 161 Å². The van der Waals surface area contributed by atoms with E-state index in [4.69, 9.17) is 0 Å². The van der Waals surface area contributed by atoms with Gasteiger partial charge in [0.2, 0.25) is 11.8 Å². The average molecular weight is 671 g/mol. The van der Waals surface area contributed by atoms with Crippen LogP contribution in [0, 0.1) is 0 Å². The Labute approximate surface area is 297 Å². The van der Waals surface area contributed by atoms with Gasteiger partial charge in [-0.2, -0.15) is 0 Å². The molecule has 6 heteroatoms. The van der Waals surface area contributed by atoms with E-state index in [0.717, 1.165) is 31.4 Å². The third-order valence-electron chi connectivity index (χ3n) is 9.62. The molecule has 1 rings (SSSR count). The highest BCUT2D eigenvalue weighted by Gasteiger charge is 2.21. The summed E-state index contributed by atoms with van der Waals surface area (Å²) in [5.41, 5.74) is 0.791. The summed E-state index contributed by atoms with van der Waals surface area (Å²) in [5.74, 6) is -0.131. The molecule has 0 aliphatic rings. The van der Waals surface area contributed by atoms with Crippen LogP contribution in [0.3, 0.4) is 0 Å². The number of hydrogen-bond donors (Lipinski definition) is 3. The fourth-order valence-electron chi connectivity index (χ4n) is 6.45. The maximum atomic E-state index is 13.0. The summed E-state index contributed by atoms with van der Waals surface area (Å²) in [6.07, 6.45) is 46.5. The fraction of sp³-hybridized carbons (Fsp3) is 0.833. The largest absolute Gasteiger partial charge is 0.354 e. The van der Waals surface area contributed by atoms with Crippen LogP contribution in [0.25, 0.3) is 0 Å². The lowest BCUT2D eigenvalue weighted by Crippen LogP contribution is -2.48. The number of carbonyl (C=O) groups is 2. The molecule has 0 radical (unpaired) electrons. The maximum absolute atomic E-state index is 13.0. The van der Waals surface area contributed by atoms with Gasteiger partial charge in [-0.1, -0.05) is 174 Å². The molecule has 0 saturated heterocycles. The van der Waals surface area contributed by atoms with Crippen LogP contribution >= 0.6 is 0 Å². The van der Waals surface area contributed by atoms with Gasteiger partial charge < -0.3 is 15.6 Å². The summed E-state index contributed by atoms with van der Waals surface area (Å²) in [6, 6.07) is -0.578. The number of carbonyl (C=O) groups excluding carboxylic acids is 2. The first-order valence-corrected chi connectivity index (χ1v) is 20.9. The summed E-state index contributed by atoms with van der Waals surface area (Å²) in [7, 11) is 0. The molecule has 0 spiro atoms. The molecule has 3 N–H and O–H groups in total. The molecule has 0 aromatic carbocycles. The first kappa shape index (κ1) is 43.9. The number of nitrogens with zero attached hydrogens (tertiary/aromatic N) is 1. The summed E-state index contributed by atoms with van der Waals surface area (Å²) in [4.78, 5) is 33.0. The van der Waals surface area contributed by atoms with Gasteiger partial charge in [-0.15, -0.1) is 0 Å². The van der Waals surface area contributed by atoms with Crippen LogP contribution in [0.1, 0.15) is 212 Å². The Kier molecular flexibility index (Phi) is 31.8. The zero-order chi connectivity index (χ0) is 34.6. The van der Waals surface area contributed by atoms with Gasteiger partial charge in [-0.05, 0) is 38.5 Å². The summed E-state index contributed by atoms with van der Waals surface area (Å²) < 4.78 is 0. The van der Waals surface area contributed by atoms with Crippen molar-refractivity contribution in [2.75, 3.05) is 6.54 Å². The molecule has 1 aromatic rings. The van der Waals surface area contributed by atoms with Gasteiger partial charge in [0.25, 0.3) is 0 Å². The van der Waals surface area contributed by atoms with Crippen molar-refractivity contribution in [3.8, 4) is 0 Å². The first-order valence-electron chi connectivity index (χ1n) is 20.9. The number of imidazole rings is 1. The Hall–Kier alpha value is -2.11. The Morgan fingerprint density at radius 2 is 1.06 bits per heavy atom. The Morgan fingerprint density at radius 1 is 0.625 bits per heavy atom. The number of nitrogens with one attached hydrogen (secondary N) is 3. The number of aromatic nitrogens is 2. The molecule has 1 atom stereocenters. The standard InChI is InChI=1S/C42H78N4O2/c1-3-5-7-9-11-13-15-17-19-21-23-25-27-29-31-33-35-44-42(48)40(36-39-37-43-38-45-39)46-41(47)34-32-30-28-26-24-22-20-18-16-14-12-10-8-6-4-2/h17,19,37-38,40H,3-16,18,20-36H2,1-2H3,(H,43,45)(H,44,48)(H,46,47)/b19-17+. The van der Waals surface area contributed by atoms with Gasteiger partial charge in [-0.3, -0.25) is 9.59 Å². The molecule has 2 amide bonds. The molecular weight excluding hydrogens is 592 g/mol. The highest BCUT2D eigenvalue weighted by Crippen LogP contribution is 2.14. The quantitative estimate of drug-likeness (QED) is 0.0490. The second kappa shape index (κ2) is 34.7. The van der Waals surface area contributed by atoms with E-state index in [-0.39, 0.29) is 11.8 Å². The SMILES string of the molecule is CCCCCCCC/C=C/CCCCCCCCNC(=O)C(Cc1c[nH]cn1)NC(=O)CCCCCCCCCCCCCCCCC. The van der Waals surface area contributed by atoms with Crippen molar-refractivity contribution in [2.24, 2.45) is 0 Å². The van der Waals surface area contributed by atoms with Crippen molar-refractivity contribution >= 4 is 11.8 Å². The number of amides is 2. The normalized spacial score (nSPS) is 12.1. The van der Waals surface area contributed by atoms with Crippen LogP contribution < -0.4 is 10.6 Å². The third kappa shape index (κ3) is 28.9. The van der Waals surface area contributed by atoms with Crippen LogP contribution in [-0.4, -0.2) is 34.4 Å². The molecule has 278 valence electrons. The van der Waals surface area contributed by atoms with E-state index in [2.05, 4.69) is 46.6 Å². The number of allylic oxidation sites excluding steroid dienone is 2. The van der Waals surface area contributed by atoms with Gasteiger partial charge in [0, 0.05) is 25.6 Å². The number of aromatic amines is 1. The zero-order valence-corrected chi connectivity index (χ0v) is 31.8. The number of unbranched alkanes of at least 4 members (excludes halogenated alkanes) is 26. The minimum absolute atomic E-state index is 0.0300. The Morgan fingerprint density at radius 3 is 1.52 bits per heavy atom. The summed E-state index contributed by atoms with van der Waals surface area (Å²) in [5, 5.41) is 6.07. The van der Waals surface area contributed by atoms with Crippen molar-refractivity contribution < 1.29 is 9.59 Å².